The summed E-state index contributed by atoms with van der Waals surface area (Å²) in [6.45, 7) is 5.27. The Morgan fingerprint density at radius 2 is 1.97 bits per heavy atom. The van der Waals surface area contributed by atoms with Crippen LogP contribution in [0.5, 0.6) is 5.75 Å². The number of anilines is 4. The average Bonchev–Trinajstić information content (AvgIpc) is 3.61. The number of ether oxygens (including phenoxy) is 1. The van der Waals surface area contributed by atoms with Crippen LogP contribution in [-0.4, -0.2) is 79.4 Å². The van der Waals surface area contributed by atoms with Crippen molar-refractivity contribution in [1.82, 2.24) is 14.9 Å². The van der Waals surface area contributed by atoms with Gasteiger partial charge in [0.25, 0.3) is 0 Å². The quantitative estimate of drug-likeness (QED) is 0.480. The maximum absolute atomic E-state index is 11.9. The molecule has 2 saturated heterocycles. The number of nitrogens with one attached hydrogen (secondary N) is 2. The normalized spacial score (nSPS) is 19.2. The van der Waals surface area contributed by atoms with E-state index in [-0.39, 0.29) is 18.5 Å². The fourth-order valence-electron chi connectivity index (χ4n) is 5.48. The largest absolute Gasteiger partial charge is 0.491 e. The second-order valence-corrected chi connectivity index (χ2v) is 9.49. The summed E-state index contributed by atoms with van der Waals surface area (Å²) in [6.07, 6.45) is 3.80. The van der Waals surface area contributed by atoms with Gasteiger partial charge >= 0.3 is 0 Å². The molecule has 1 unspecified atom stereocenters. The van der Waals surface area contributed by atoms with E-state index in [1.54, 1.807) is 6.33 Å². The van der Waals surface area contributed by atoms with Crippen molar-refractivity contribution in [2.45, 2.75) is 18.9 Å². The zero-order chi connectivity index (χ0) is 24.5. The standard InChI is InChI=1S/C26H32N8O2/c27-14-23(35)33-11-9-32(10-12-33)19-7-6-18-3-1-5-22(21(18)13-19)36-15-20-4-2-8-34(20)26-24-25(29-16-28-24)30-17-31-26/h1,3,5-7,13,17,20,28H,2,4,8-12,14-16,27H2,(H,29,30,31). The first-order chi connectivity index (χ1) is 17.7. The lowest BCUT2D eigenvalue weighted by atomic mass is 10.1. The van der Waals surface area contributed by atoms with E-state index in [9.17, 15) is 4.79 Å². The third-order valence-corrected chi connectivity index (χ3v) is 7.43. The van der Waals surface area contributed by atoms with Crippen LogP contribution in [0.4, 0.5) is 23.0 Å². The Labute approximate surface area is 210 Å². The molecule has 0 aliphatic carbocycles. The summed E-state index contributed by atoms with van der Waals surface area (Å²) in [5, 5.41) is 8.87. The second kappa shape index (κ2) is 9.69. The molecule has 188 valence electrons. The molecule has 6 rings (SSSR count). The van der Waals surface area contributed by atoms with Gasteiger partial charge in [0, 0.05) is 43.8 Å². The highest BCUT2D eigenvalue weighted by Gasteiger charge is 2.30. The number of carbonyl (C=O) groups is 1. The lowest BCUT2D eigenvalue weighted by Crippen LogP contribution is -2.50. The van der Waals surface area contributed by atoms with Crippen LogP contribution in [0.25, 0.3) is 10.8 Å². The molecule has 0 bridgehead atoms. The van der Waals surface area contributed by atoms with Gasteiger partial charge in [0.1, 0.15) is 24.4 Å². The van der Waals surface area contributed by atoms with Crippen molar-refractivity contribution < 1.29 is 9.53 Å². The van der Waals surface area contributed by atoms with E-state index in [1.165, 1.54) is 0 Å². The Kier molecular flexibility index (Phi) is 6.10. The number of piperazine rings is 1. The van der Waals surface area contributed by atoms with Gasteiger partial charge in [0.05, 0.1) is 19.3 Å². The summed E-state index contributed by atoms with van der Waals surface area (Å²) in [6, 6.07) is 13.0. The third-order valence-electron chi connectivity index (χ3n) is 7.43. The third kappa shape index (κ3) is 4.21. The Balaban J connectivity index is 1.18. The summed E-state index contributed by atoms with van der Waals surface area (Å²) in [7, 11) is 0. The first kappa shape index (κ1) is 22.7. The topological polar surface area (TPSA) is 112 Å². The fourth-order valence-corrected chi connectivity index (χ4v) is 5.48. The lowest BCUT2D eigenvalue weighted by Gasteiger charge is -2.36. The van der Waals surface area contributed by atoms with Crippen molar-refractivity contribution in [3.63, 3.8) is 0 Å². The molecular formula is C26H32N8O2. The molecule has 0 radical (unpaired) electrons. The van der Waals surface area contributed by atoms with Gasteiger partial charge in [0.15, 0.2) is 11.6 Å². The SMILES string of the molecule is NCC(=O)N1CCN(c2ccc3cccc(OCC4CCCN4c4ncnc5c4NCN5)c3c2)CC1. The van der Waals surface area contributed by atoms with Crippen molar-refractivity contribution in [3.05, 3.63) is 42.7 Å². The number of fused-ring (bicyclic) bond motifs is 2. The number of benzene rings is 2. The van der Waals surface area contributed by atoms with Crippen molar-refractivity contribution in [1.29, 1.82) is 0 Å². The van der Waals surface area contributed by atoms with E-state index in [4.69, 9.17) is 10.5 Å². The van der Waals surface area contributed by atoms with E-state index in [2.05, 4.69) is 60.7 Å². The number of aromatic nitrogens is 2. The predicted molar refractivity (Wildman–Crippen MR) is 142 cm³/mol. The van der Waals surface area contributed by atoms with Gasteiger partial charge in [-0.05, 0) is 36.4 Å². The molecule has 10 nitrogen and oxygen atoms in total. The molecule has 10 heteroatoms. The summed E-state index contributed by atoms with van der Waals surface area (Å²) < 4.78 is 6.47. The molecule has 2 aromatic carbocycles. The van der Waals surface area contributed by atoms with E-state index >= 15 is 0 Å². The Morgan fingerprint density at radius 3 is 2.83 bits per heavy atom. The highest BCUT2D eigenvalue weighted by Crippen LogP contribution is 2.37. The molecule has 4 heterocycles. The van der Waals surface area contributed by atoms with Gasteiger partial charge in [-0.15, -0.1) is 0 Å². The Bertz CT molecular complexity index is 1260. The first-order valence-corrected chi connectivity index (χ1v) is 12.7. The summed E-state index contributed by atoms with van der Waals surface area (Å²) >= 11 is 0. The molecule has 3 aromatic rings. The molecule has 36 heavy (non-hydrogen) atoms. The van der Waals surface area contributed by atoms with Gasteiger partial charge in [0.2, 0.25) is 5.91 Å². The number of rotatable bonds is 6. The summed E-state index contributed by atoms with van der Waals surface area (Å²) in [4.78, 5) is 27.4. The number of hydrogen-bond donors (Lipinski definition) is 3. The molecule has 2 fully saturated rings. The van der Waals surface area contributed by atoms with Crippen LogP contribution in [0.15, 0.2) is 42.7 Å². The average molecular weight is 489 g/mol. The summed E-state index contributed by atoms with van der Waals surface area (Å²) in [5.41, 5.74) is 7.66. The lowest BCUT2D eigenvalue weighted by molar-refractivity contribution is -0.129. The molecule has 1 aromatic heterocycles. The van der Waals surface area contributed by atoms with Crippen LogP contribution in [-0.2, 0) is 4.79 Å². The Morgan fingerprint density at radius 1 is 1.08 bits per heavy atom. The molecule has 3 aliphatic heterocycles. The molecule has 4 N–H and O–H groups in total. The predicted octanol–water partition coefficient (Wildman–Crippen LogP) is 2.08. The van der Waals surface area contributed by atoms with Gasteiger partial charge in [-0.25, -0.2) is 9.97 Å². The summed E-state index contributed by atoms with van der Waals surface area (Å²) in [5.74, 6) is 2.72. The second-order valence-electron chi connectivity index (χ2n) is 9.49. The van der Waals surface area contributed by atoms with Crippen molar-refractivity contribution in [3.8, 4) is 5.75 Å². The number of carbonyl (C=O) groups excluding carboxylic acids is 1. The van der Waals surface area contributed by atoms with E-state index < -0.39 is 0 Å². The van der Waals surface area contributed by atoms with Crippen molar-refractivity contribution >= 4 is 39.7 Å². The maximum atomic E-state index is 11.9. The number of nitrogens with zero attached hydrogens (tertiary/aromatic N) is 5. The van der Waals surface area contributed by atoms with Crippen LogP contribution in [0.3, 0.4) is 0 Å². The van der Waals surface area contributed by atoms with E-state index in [0.717, 1.165) is 72.0 Å². The monoisotopic (exact) mass is 488 g/mol. The van der Waals surface area contributed by atoms with Crippen LogP contribution in [0, 0.1) is 0 Å². The minimum Gasteiger partial charge on any atom is -0.491 e. The minimum atomic E-state index is 0.0174. The highest BCUT2D eigenvalue weighted by atomic mass is 16.5. The molecule has 3 aliphatic rings. The maximum Gasteiger partial charge on any atom is 0.236 e. The zero-order valence-electron chi connectivity index (χ0n) is 20.3. The number of amides is 1. The van der Waals surface area contributed by atoms with Crippen LogP contribution in [0.2, 0.25) is 0 Å². The minimum absolute atomic E-state index is 0.0174. The van der Waals surface area contributed by atoms with Crippen molar-refractivity contribution in [2.75, 3.05) is 73.0 Å². The number of nitrogens with two attached hydrogens (primary N) is 1. The zero-order valence-corrected chi connectivity index (χ0v) is 20.3. The van der Waals surface area contributed by atoms with Crippen LogP contribution in [0.1, 0.15) is 12.8 Å². The van der Waals surface area contributed by atoms with Gasteiger partial charge in [-0.2, -0.15) is 0 Å². The number of hydrogen-bond acceptors (Lipinski definition) is 9. The van der Waals surface area contributed by atoms with Crippen LogP contribution >= 0.6 is 0 Å². The highest BCUT2D eigenvalue weighted by molar-refractivity contribution is 5.91. The van der Waals surface area contributed by atoms with Crippen LogP contribution < -0.4 is 30.9 Å². The first-order valence-electron chi connectivity index (χ1n) is 12.7. The van der Waals surface area contributed by atoms with E-state index in [1.807, 2.05) is 11.0 Å². The molecule has 1 amide bonds. The van der Waals surface area contributed by atoms with E-state index in [0.29, 0.717) is 26.4 Å². The Hall–Kier alpha value is -3.79. The van der Waals surface area contributed by atoms with Gasteiger partial charge in [-0.1, -0.05) is 18.2 Å². The molecular weight excluding hydrogens is 456 g/mol. The fraction of sp³-hybridized carbons (Fsp3) is 0.423. The van der Waals surface area contributed by atoms with Crippen molar-refractivity contribution in [2.24, 2.45) is 5.73 Å². The molecule has 0 saturated carbocycles. The molecule has 0 spiro atoms. The van der Waals surface area contributed by atoms with Gasteiger partial charge in [-0.3, -0.25) is 4.79 Å². The van der Waals surface area contributed by atoms with Gasteiger partial charge < -0.3 is 35.8 Å². The smallest absolute Gasteiger partial charge is 0.236 e. The molecule has 1 atom stereocenters.